The van der Waals surface area contributed by atoms with E-state index in [4.69, 9.17) is 9.84 Å². The molecule has 0 bridgehead atoms. The summed E-state index contributed by atoms with van der Waals surface area (Å²) >= 11 is 0. The van der Waals surface area contributed by atoms with Crippen molar-refractivity contribution in [1.29, 1.82) is 0 Å². The largest absolute Gasteiger partial charge is 0.481 e. The zero-order valence-electron chi connectivity index (χ0n) is 7.45. The minimum atomic E-state index is -1.03. The fourth-order valence-corrected chi connectivity index (χ4v) is 1.45. The summed E-state index contributed by atoms with van der Waals surface area (Å²) in [5.41, 5.74) is 0.0611. The van der Waals surface area contributed by atoms with Crippen molar-refractivity contribution in [3.63, 3.8) is 0 Å². The van der Waals surface area contributed by atoms with Crippen LogP contribution in [-0.4, -0.2) is 23.1 Å². The minimum Gasteiger partial charge on any atom is -0.481 e. The first kappa shape index (κ1) is 9.77. The molecule has 0 aromatic carbocycles. The summed E-state index contributed by atoms with van der Waals surface area (Å²) in [5.74, 6) is -2.47. The van der Waals surface area contributed by atoms with Gasteiger partial charge in [-0.05, 0) is 6.42 Å². The van der Waals surface area contributed by atoms with Crippen LogP contribution >= 0.6 is 0 Å². The first-order chi connectivity index (χ1) is 6.07. The fraction of sp³-hybridized carbons (Fsp3) is 0.556. The number of carbonyl (C=O) groups excluding carboxylic acids is 1. The summed E-state index contributed by atoms with van der Waals surface area (Å²) < 4.78 is 4.87. The van der Waals surface area contributed by atoms with Gasteiger partial charge in [0.2, 0.25) is 0 Å². The average molecular weight is 184 g/mol. The Kier molecular flexibility index (Phi) is 2.70. The SMILES string of the molecule is C=C1C(=O)O[C@H](CCC)[C@H]1C(=O)O. The van der Waals surface area contributed by atoms with E-state index in [1.807, 2.05) is 6.92 Å². The molecule has 2 atom stereocenters. The number of carboxylic acids is 1. The fourth-order valence-electron chi connectivity index (χ4n) is 1.45. The number of cyclic esters (lactones) is 1. The van der Waals surface area contributed by atoms with E-state index in [1.165, 1.54) is 0 Å². The van der Waals surface area contributed by atoms with Crippen LogP contribution in [0.3, 0.4) is 0 Å². The molecular weight excluding hydrogens is 172 g/mol. The van der Waals surface area contributed by atoms with Crippen LogP contribution in [0.4, 0.5) is 0 Å². The summed E-state index contributed by atoms with van der Waals surface area (Å²) in [6.07, 6.45) is 0.832. The van der Waals surface area contributed by atoms with Gasteiger partial charge in [0.25, 0.3) is 0 Å². The topological polar surface area (TPSA) is 63.6 Å². The van der Waals surface area contributed by atoms with E-state index in [1.54, 1.807) is 0 Å². The second-order valence-corrected chi connectivity index (χ2v) is 3.07. The molecule has 1 rings (SSSR count). The maximum absolute atomic E-state index is 11.0. The van der Waals surface area contributed by atoms with Crippen LogP contribution in [0.5, 0.6) is 0 Å². The van der Waals surface area contributed by atoms with Crippen molar-refractivity contribution in [1.82, 2.24) is 0 Å². The Labute approximate surface area is 76.2 Å². The van der Waals surface area contributed by atoms with Crippen molar-refractivity contribution in [2.75, 3.05) is 0 Å². The van der Waals surface area contributed by atoms with Crippen LogP contribution in [-0.2, 0) is 14.3 Å². The second-order valence-electron chi connectivity index (χ2n) is 3.07. The predicted octanol–water partition coefficient (Wildman–Crippen LogP) is 0.969. The van der Waals surface area contributed by atoms with E-state index in [2.05, 4.69) is 6.58 Å². The molecule has 72 valence electrons. The van der Waals surface area contributed by atoms with Crippen LogP contribution < -0.4 is 0 Å². The number of rotatable bonds is 3. The van der Waals surface area contributed by atoms with E-state index in [9.17, 15) is 9.59 Å². The molecule has 0 radical (unpaired) electrons. The van der Waals surface area contributed by atoms with Crippen LogP contribution in [0.15, 0.2) is 12.2 Å². The van der Waals surface area contributed by atoms with Crippen molar-refractivity contribution in [2.45, 2.75) is 25.9 Å². The summed E-state index contributed by atoms with van der Waals surface area (Å²) in [5, 5.41) is 8.81. The molecule has 1 aliphatic rings. The summed E-state index contributed by atoms with van der Waals surface area (Å²) in [6.45, 7) is 5.33. The minimum absolute atomic E-state index is 0.0611. The zero-order valence-corrected chi connectivity index (χ0v) is 7.45. The van der Waals surface area contributed by atoms with E-state index < -0.39 is 24.0 Å². The molecule has 1 aliphatic heterocycles. The number of esters is 1. The molecule has 1 heterocycles. The quantitative estimate of drug-likeness (QED) is 0.524. The molecule has 0 aromatic rings. The molecule has 0 unspecified atom stereocenters. The van der Waals surface area contributed by atoms with Gasteiger partial charge in [-0.3, -0.25) is 4.79 Å². The molecule has 1 saturated heterocycles. The van der Waals surface area contributed by atoms with Crippen molar-refractivity contribution in [3.8, 4) is 0 Å². The highest BCUT2D eigenvalue weighted by atomic mass is 16.6. The highest BCUT2D eigenvalue weighted by Crippen LogP contribution is 2.29. The third kappa shape index (κ3) is 1.71. The maximum atomic E-state index is 11.0. The number of hydrogen-bond donors (Lipinski definition) is 1. The first-order valence-corrected chi connectivity index (χ1v) is 4.20. The summed E-state index contributed by atoms with van der Waals surface area (Å²) in [6, 6.07) is 0. The summed E-state index contributed by atoms with van der Waals surface area (Å²) in [4.78, 5) is 21.7. The smallest absolute Gasteiger partial charge is 0.334 e. The number of carbonyl (C=O) groups is 2. The zero-order chi connectivity index (χ0) is 10.0. The van der Waals surface area contributed by atoms with Crippen LogP contribution in [0.25, 0.3) is 0 Å². The molecule has 1 N–H and O–H groups in total. The molecule has 0 aliphatic carbocycles. The van der Waals surface area contributed by atoms with E-state index in [0.29, 0.717) is 6.42 Å². The molecule has 0 saturated carbocycles. The monoisotopic (exact) mass is 184 g/mol. The molecule has 0 amide bonds. The van der Waals surface area contributed by atoms with Gasteiger partial charge >= 0.3 is 11.9 Å². The first-order valence-electron chi connectivity index (χ1n) is 4.20. The Morgan fingerprint density at radius 3 is 2.77 bits per heavy atom. The molecule has 1 fully saturated rings. The second kappa shape index (κ2) is 3.60. The van der Waals surface area contributed by atoms with Gasteiger partial charge in [0.15, 0.2) is 0 Å². The number of ether oxygens (including phenoxy) is 1. The van der Waals surface area contributed by atoms with Crippen molar-refractivity contribution >= 4 is 11.9 Å². The molecule has 4 nitrogen and oxygen atoms in total. The van der Waals surface area contributed by atoms with Crippen LogP contribution in [0, 0.1) is 5.92 Å². The lowest BCUT2D eigenvalue weighted by molar-refractivity contribution is -0.144. The Balaban J connectivity index is 2.80. The van der Waals surface area contributed by atoms with Crippen molar-refractivity contribution < 1.29 is 19.4 Å². The van der Waals surface area contributed by atoms with E-state index >= 15 is 0 Å². The maximum Gasteiger partial charge on any atom is 0.334 e. The predicted molar refractivity (Wildman–Crippen MR) is 45.1 cm³/mol. The lowest BCUT2D eigenvalue weighted by Gasteiger charge is -2.11. The number of hydrogen-bond acceptors (Lipinski definition) is 3. The summed E-state index contributed by atoms with van der Waals surface area (Å²) in [7, 11) is 0. The standard InChI is InChI=1S/C9H12O4/c1-3-4-6-7(8(10)11)5(2)9(12)13-6/h6-7H,2-4H2,1H3,(H,10,11)/t6-,7+/m1/s1. The average Bonchev–Trinajstić information content (AvgIpc) is 2.28. The Bertz CT molecular complexity index is 256. The molecular formula is C9H12O4. The van der Waals surface area contributed by atoms with Crippen LogP contribution in [0.1, 0.15) is 19.8 Å². The van der Waals surface area contributed by atoms with Gasteiger partial charge in [0.1, 0.15) is 12.0 Å². The Morgan fingerprint density at radius 2 is 2.31 bits per heavy atom. The highest BCUT2D eigenvalue weighted by Gasteiger charge is 2.42. The van der Waals surface area contributed by atoms with Gasteiger partial charge in [-0.15, -0.1) is 0 Å². The third-order valence-electron chi connectivity index (χ3n) is 2.11. The molecule has 4 heteroatoms. The molecule has 0 spiro atoms. The third-order valence-corrected chi connectivity index (χ3v) is 2.11. The highest BCUT2D eigenvalue weighted by molar-refractivity contribution is 5.97. The Hall–Kier alpha value is -1.32. The number of carboxylic acid groups (broad SMARTS) is 1. The van der Waals surface area contributed by atoms with Gasteiger partial charge in [0.05, 0.1) is 0 Å². The van der Waals surface area contributed by atoms with Gasteiger partial charge in [-0.2, -0.15) is 0 Å². The van der Waals surface area contributed by atoms with Gasteiger partial charge in [0, 0.05) is 5.57 Å². The van der Waals surface area contributed by atoms with Crippen LogP contribution in [0.2, 0.25) is 0 Å². The van der Waals surface area contributed by atoms with E-state index in [-0.39, 0.29) is 5.57 Å². The van der Waals surface area contributed by atoms with Gasteiger partial charge in [-0.1, -0.05) is 19.9 Å². The molecule has 0 aromatic heterocycles. The molecule has 13 heavy (non-hydrogen) atoms. The Morgan fingerprint density at radius 1 is 1.69 bits per heavy atom. The van der Waals surface area contributed by atoms with Crippen molar-refractivity contribution in [2.24, 2.45) is 5.92 Å². The lowest BCUT2D eigenvalue weighted by Crippen LogP contribution is -2.24. The van der Waals surface area contributed by atoms with Gasteiger partial charge in [-0.25, -0.2) is 4.79 Å². The number of aliphatic carboxylic acids is 1. The normalized spacial score (nSPS) is 27.5. The lowest BCUT2D eigenvalue weighted by atomic mass is 9.95. The van der Waals surface area contributed by atoms with E-state index in [0.717, 1.165) is 6.42 Å². The van der Waals surface area contributed by atoms with Gasteiger partial charge < -0.3 is 9.84 Å². The van der Waals surface area contributed by atoms with Crippen molar-refractivity contribution in [3.05, 3.63) is 12.2 Å².